The second-order valence-corrected chi connectivity index (χ2v) is 19.5. The molecular formula is C71H45NO. The first-order chi connectivity index (χ1) is 36.2. The lowest BCUT2D eigenvalue weighted by Gasteiger charge is -2.35. The van der Waals surface area contributed by atoms with Crippen LogP contribution >= 0.6 is 0 Å². The van der Waals surface area contributed by atoms with Crippen LogP contribution in [0.15, 0.2) is 277 Å². The highest BCUT2D eigenvalue weighted by Gasteiger charge is 2.46. The minimum atomic E-state index is -0.564. The van der Waals surface area contributed by atoms with Crippen LogP contribution in [0, 0.1) is 0 Å². The fourth-order valence-corrected chi connectivity index (χ4v) is 12.5. The lowest BCUT2D eigenvalue weighted by Crippen LogP contribution is -2.28. The van der Waals surface area contributed by atoms with Gasteiger partial charge in [0.15, 0.2) is 5.58 Å². The molecule has 0 bridgehead atoms. The molecule has 0 N–H and O–H groups in total. The van der Waals surface area contributed by atoms with Gasteiger partial charge in [0.25, 0.3) is 0 Å². The molecule has 0 spiro atoms. The lowest BCUT2D eigenvalue weighted by atomic mass is 9.67. The maximum atomic E-state index is 7.55. The van der Waals surface area contributed by atoms with Gasteiger partial charge in [0.2, 0.25) is 0 Å². The average Bonchev–Trinajstić information content (AvgIpc) is 4.03. The lowest BCUT2D eigenvalue weighted by molar-refractivity contribution is 0.670. The van der Waals surface area contributed by atoms with Crippen LogP contribution in [0.3, 0.4) is 0 Å². The summed E-state index contributed by atoms with van der Waals surface area (Å²) in [6, 6.07) is 100. The zero-order chi connectivity index (χ0) is 48.0. The smallest absolute Gasteiger partial charge is 0.159 e. The van der Waals surface area contributed by atoms with Gasteiger partial charge in [-0.05, 0) is 136 Å². The third kappa shape index (κ3) is 6.17. The molecule has 0 aliphatic heterocycles. The Labute approximate surface area is 423 Å². The second-order valence-electron chi connectivity index (χ2n) is 19.5. The molecule has 1 aliphatic carbocycles. The first-order valence-corrected chi connectivity index (χ1v) is 25.2. The molecule has 0 amide bonds. The predicted octanol–water partition coefficient (Wildman–Crippen LogP) is 19.4. The number of fused-ring (bicyclic) bond motifs is 13. The van der Waals surface area contributed by atoms with Crippen LogP contribution in [-0.4, -0.2) is 0 Å². The van der Waals surface area contributed by atoms with E-state index in [1.807, 2.05) is 0 Å². The van der Waals surface area contributed by atoms with Crippen molar-refractivity contribution in [1.29, 1.82) is 0 Å². The second kappa shape index (κ2) is 16.3. The van der Waals surface area contributed by atoms with Crippen molar-refractivity contribution in [3.63, 3.8) is 0 Å². The largest absolute Gasteiger partial charge is 0.453 e. The van der Waals surface area contributed by atoms with Gasteiger partial charge >= 0.3 is 0 Å². The molecule has 340 valence electrons. The molecule has 0 atom stereocenters. The SMILES string of the molecule is c1ccc(-c2ccc(N(c3ccc4c(c3)C(c3ccccc3)(c3ccccc3)c3ccccc3-4)c3cccc4c3oc3c(-c5ccc6c7ccccc7c7ccccc7c6c5)c5ccccc5cc34)cc2)cc1. The molecule has 73 heavy (non-hydrogen) atoms. The summed E-state index contributed by atoms with van der Waals surface area (Å²) in [7, 11) is 0. The normalized spacial score (nSPS) is 12.8. The van der Waals surface area contributed by atoms with Crippen molar-refractivity contribution >= 4 is 82.1 Å². The summed E-state index contributed by atoms with van der Waals surface area (Å²) in [4.78, 5) is 2.41. The third-order valence-corrected chi connectivity index (χ3v) is 15.7. The van der Waals surface area contributed by atoms with Gasteiger partial charge in [0.1, 0.15) is 5.58 Å². The Balaban J connectivity index is 0.996. The highest BCUT2D eigenvalue weighted by molar-refractivity contribution is 6.27. The Morgan fingerprint density at radius 2 is 0.808 bits per heavy atom. The molecule has 0 unspecified atom stereocenters. The van der Waals surface area contributed by atoms with E-state index in [0.717, 1.165) is 61.1 Å². The summed E-state index contributed by atoms with van der Waals surface area (Å²) in [6.07, 6.45) is 0. The Hall–Kier alpha value is -9.50. The van der Waals surface area contributed by atoms with E-state index in [9.17, 15) is 0 Å². The van der Waals surface area contributed by atoms with E-state index >= 15 is 0 Å². The highest BCUT2D eigenvalue weighted by atomic mass is 16.3. The minimum Gasteiger partial charge on any atom is -0.453 e. The standard InChI is InChI=1S/C71H45NO/c1-4-19-46(20-5-1)47-35-38-52(39-36-47)72(53-40-42-61-60-31-16-17-33-65(60)71(66(61)45-53,50-22-6-2-7-23-50)51-24-8-3-9-25-51)67-34-18-32-62-64-43-48-21-10-11-26-54(48)68(70(64)73-69(62)67)49-37-41-59-57-29-13-12-27-55(57)56-28-14-15-30-58(56)63(59)44-49/h1-45H. The monoisotopic (exact) mass is 927 g/mol. The number of para-hydroxylation sites is 1. The summed E-state index contributed by atoms with van der Waals surface area (Å²) in [5.74, 6) is 0. The van der Waals surface area contributed by atoms with Gasteiger partial charge in [0.05, 0.1) is 11.1 Å². The van der Waals surface area contributed by atoms with Crippen LogP contribution in [0.25, 0.3) is 98.4 Å². The van der Waals surface area contributed by atoms with Crippen molar-refractivity contribution in [2.45, 2.75) is 5.41 Å². The van der Waals surface area contributed by atoms with Crippen LogP contribution in [0.5, 0.6) is 0 Å². The Bertz CT molecular complexity index is 4400. The van der Waals surface area contributed by atoms with E-state index in [-0.39, 0.29) is 0 Å². The summed E-state index contributed by atoms with van der Waals surface area (Å²) in [6.45, 7) is 0. The molecule has 0 fully saturated rings. The first-order valence-electron chi connectivity index (χ1n) is 25.2. The Morgan fingerprint density at radius 3 is 1.51 bits per heavy atom. The van der Waals surface area contributed by atoms with E-state index in [1.165, 1.54) is 76.6 Å². The zero-order valence-electron chi connectivity index (χ0n) is 39.8. The van der Waals surface area contributed by atoms with Crippen LogP contribution in [0.1, 0.15) is 22.3 Å². The number of hydrogen-bond acceptors (Lipinski definition) is 2. The fourth-order valence-electron chi connectivity index (χ4n) is 12.5. The summed E-state index contributed by atoms with van der Waals surface area (Å²) in [5.41, 5.74) is 16.2. The molecule has 2 nitrogen and oxygen atoms in total. The summed E-state index contributed by atoms with van der Waals surface area (Å²) < 4.78 is 7.55. The van der Waals surface area contributed by atoms with E-state index in [0.29, 0.717) is 0 Å². The molecule has 2 heteroatoms. The van der Waals surface area contributed by atoms with Crippen molar-refractivity contribution < 1.29 is 4.42 Å². The fraction of sp³-hybridized carbons (Fsp3) is 0.0141. The van der Waals surface area contributed by atoms with Gasteiger partial charge in [-0.3, -0.25) is 0 Å². The maximum Gasteiger partial charge on any atom is 0.159 e. The molecule has 0 saturated carbocycles. The van der Waals surface area contributed by atoms with Crippen molar-refractivity contribution in [2.24, 2.45) is 0 Å². The minimum absolute atomic E-state index is 0.564. The Kier molecular flexibility index (Phi) is 9.21. The van der Waals surface area contributed by atoms with E-state index < -0.39 is 5.41 Å². The van der Waals surface area contributed by atoms with Crippen molar-refractivity contribution in [3.8, 4) is 33.4 Å². The molecule has 0 radical (unpaired) electrons. The first kappa shape index (κ1) is 41.3. The van der Waals surface area contributed by atoms with Gasteiger partial charge in [0, 0.05) is 27.7 Å². The Morgan fingerprint density at radius 1 is 0.288 bits per heavy atom. The number of hydrogen-bond donors (Lipinski definition) is 0. The van der Waals surface area contributed by atoms with Gasteiger partial charge in [-0.2, -0.15) is 0 Å². The number of anilines is 3. The number of rotatable bonds is 7. The highest BCUT2D eigenvalue weighted by Crippen LogP contribution is 2.58. The summed E-state index contributed by atoms with van der Waals surface area (Å²) in [5, 5.41) is 12.0. The number of furan rings is 1. The van der Waals surface area contributed by atoms with Gasteiger partial charge in [-0.15, -0.1) is 0 Å². The van der Waals surface area contributed by atoms with E-state index in [4.69, 9.17) is 4.42 Å². The van der Waals surface area contributed by atoms with Gasteiger partial charge < -0.3 is 9.32 Å². The van der Waals surface area contributed by atoms with Crippen molar-refractivity contribution in [2.75, 3.05) is 4.90 Å². The third-order valence-electron chi connectivity index (χ3n) is 15.7. The predicted molar refractivity (Wildman–Crippen MR) is 307 cm³/mol. The molecule has 14 aromatic rings. The zero-order valence-corrected chi connectivity index (χ0v) is 39.8. The quantitative estimate of drug-likeness (QED) is 0.148. The van der Waals surface area contributed by atoms with Crippen molar-refractivity contribution in [3.05, 3.63) is 295 Å². The molecule has 0 saturated heterocycles. The number of nitrogens with zero attached hydrogens (tertiary/aromatic N) is 1. The topological polar surface area (TPSA) is 16.4 Å². The van der Waals surface area contributed by atoms with Crippen LogP contribution in [0.4, 0.5) is 17.1 Å². The van der Waals surface area contributed by atoms with Crippen LogP contribution < -0.4 is 4.90 Å². The average molecular weight is 928 g/mol. The van der Waals surface area contributed by atoms with E-state index in [2.05, 4.69) is 278 Å². The molecule has 1 heterocycles. The van der Waals surface area contributed by atoms with Crippen molar-refractivity contribution in [1.82, 2.24) is 0 Å². The molecule has 15 rings (SSSR count). The van der Waals surface area contributed by atoms with Gasteiger partial charge in [-0.1, -0.05) is 231 Å². The van der Waals surface area contributed by atoms with Crippen LogP contribution in [0.2, 0.25) is 0 Å². The van der Waals surface area contributed by atoms with E-state index in [1.54, 1.807) is 0 Å². The molecule has 1 aliphatic rings. The number of benzene rings is 13. The van der Waals surface area contributed by atoms with Crippen LogP contribution in [-0.2, 0) is 5.41 Å². The van der Waals surface area contributed by atoms with Gasteiger partial charge in [-0.25, -0.2) is 0 Å². The molecule has 13 aromatic carbocycles. The summed E-state index contributed by atoms with van der Waals surface area (Å²) >= 11 is 0. The molecular weight excluding hydrogens is 883 g/mol. The molecule has 1 aromatic heterocycles. The maximum absolute atomic E-state index is 7.55.